The van der Waals surface area contributed by atoms with Crippen molar-refractivity contribution in [2.45, 2.75) is 64.7 Å². The lowest BCUT2D eigenvalue weighted by Crippen LogP contribution is -2.32. The maximum absolute atomic E-state index is 12.2. The Morgan fingerprint density at radius 1 is 1.19 bits per heavy atom. The fourth-order valence-electron chi connectivity index (χ4n) is 2.81. The number of methoxy groups -OCH3 is 1. The summed E-state index contributed by atoms with van der Waals surface area (Å²) in [5.74, 6) is 0.461. The Kier molecular flexibility index (Phi) is 6.04. The van der Waals surface area contributed by atoms with E-state index in [1.54, 1.807) is 7.11 Å². The van der Waals surface area contributed by atoms with Gasteiger partial charge in [0.2, 0.25) is 0 Å². The molecule has 0 N–H and O–H groups in total. The summed E-state index contributed by atoms with van der Waals surface area (Å²) in [4.78, 5) is 12.2. The van der Waals surface area contributed by atoms with Crippen molar-refractivity contribution in [1.29, 1.82) is 0 Å². The van der Waals surface area contributed by atoms with Gasteiger partial charge in [0.15, 0.2) is 0 Å². The summed E-state index contributed by atoms with van der Waals surface area (Å²) in [5.41, 5.74) is -0.110. The molecule has 2 heteroatoms. The number of ketones is 1. The van der Waals surface area contributed by atoms with Crippen molar-refractivity contribution < 1.29 is 9.53 Å². The zero-order chi connectivity index (χ0) is 11.9. The highest BCUT2D eigenvalue weighted by molar-refractivity contribution is 5.85. The van der Waals surface area contributed by atoms with Crippen molar-refractivity contribution in [3.05, 3.63) is 0 Å². The summed E-state index contributed by atoms with van der Waals surface area (Å²) in [6, 6.07) is 0. The first-order valence-corrected chi connectivity index (χ1v) is 6.77. The number of Topliss-reactive ketones (excluding diaryl/α,β-unsaturated/α-hetero) is 1. The number of rotatable bonds is 8. The van der Waals surface area contributed by atoms with Crippen molar-refractivity contribution in [1.82, 2.24) is 0 Å². The van der Waals surface area contributed by atoms with Crippen LogP contribution in [0.3, 0.4) is 0 Å². The second-order valence-electron chi connectivity index (χ2n) is 5.15. The third-order valence-corrected chi connectivity index (χ3v) is 3.83. The molecule has 1 aliphatic carbocycles. The van der Waals surface area contributed by atoms with E-state index in [4.69, 9.17) is 4.74 Å². The number of carbonyl (C=O) groups is 1. The van der Waals surface area contributed by atoms with Gasteiger partial charge >= 0.3 is 0 Å². The minimum Gasteiger partial charge on any atom is -0.384 e. The highest BCUT2D eigenvalue weighted by atomic mass is 16.5. The van der Waals surface area contributed by atoms with E-state index in [0.29, 0.717) is 12.4 Å². The van der Waals surface area contributed by atoms with Gasteiger partial charge in [-0.2, -0.15) is 0 Å². The molecule has 94 valence electrons. The third kappa shape index (κ3) is 3.58. The average Bonchev–Trinajstić information content (AvgIpc) is 2.74. The van der Waals surface area contributed by atoms with Crippen LogP contribution in [0, 0.1) is 5.41 Å². The molecule has 0 saturated heterocycles. The first kappa shape index (κ1) is 13.7. The molecule has 1 aliphatic rings. The van der Waals surface area contributed by atoms with Gasteiger partial charge in [-0.05, 0) is 19.3 Å². The van der Waals surface area contributed by atoms with Crippen molar-refractivity contribution in [2.75, 3.05) is 13.7 Å². The van der Waals surface area contributed by atoms with E-state index in [-0.39, 0.29) is 5.41 Å². The smallest absolute Gasteiger partial charge is 0.141 e. The van der Waals surface area contributed by atoms with Crippen LogP contribution < -0.4 is 0 Å². The van der Waals surface area contributed by atoms with Crippen molar-refractivity contribution >= 4 is 5.78 Å². The summed E-state index contributed by atoms with van der Waals surface area (Å²) in [6.45, 7) is 2.84. The third-order valence-electron chi connectivity index (χ3n) is 3.83. The van der Waals surface area contributed by atoms with Gasteiger partial charge in [0.1, 0.15) is 5.78 Å². The average molecular weight is 226 g/mol. The molecular formula is C14H26O2. The van der Waals surface area contributed by atoms with Gasteiger partial charge in [-0.15, -0.1) is 0 Å². The lowest BCUT2D eigenvalue weighted by Gasteiger charge is -2.26. The Morgan fingerprint density at radius 3 is 2.44 bits per heavy atom. The van der Waals surface area contributed by atoms with E-state index >= 15 is 0 Å². The Balaban J connectivity index is 2.36. The second kappa shape index (κ2) is 7.05. The topological polar surface area (TPSA) is 26.3 Å². The zero-order valence-corrected chi connectivity index (χ0v) is 10.9. The lowest BCUT2D eigenvalue weighted by atomic mass is 9.80. The molecule has 0 spiro atoms. The van der Waals surface area contributed by atoms with Crippen LogP contribution in [0.15, 0.2) is 0 Å². The van der Waals surface area contributed by atoms with E-state index in [1.165, 1.54) is 32.1 Å². The molecule has 0 bridgehead atoms. The highest BCUT2D eigenvalue weighted by Crippen LogP contribution is 2.40. The molecule has 0 aromatic heterocycles. The molecule has 0 radical (unpaired) electrons. The highest BCUT2D eigenvalue weighted by Gasteiger charge is 2.39. The van der Waals surface area contributed by atoms with E-state index in [2.05, 4.69) is 6.92 Å². The lowest BCUT2D eigenvalue weighted by molar-refractivity contribution is -0.131. The largest absolute Gasteiger partial charge is 0.384 e. The number of carbonyl (C=O) groups excluding carboxylic acids is 1. The van der Waals surface area contributed by atoms with Crippen LogP contribution in [-0.2, 0) is 9.53 Å². The van der Waals surface area contributed by atoms with Crippen LogP contribution in [0.5, 0.6) is 0 Å². The summed E-state index contributed by atoms with van der Waals surface area (Å²) in [7, 11) is 1.71. The van der Waals surface area contributed by atoms with Crippen LogP contribution in [0.25, 0.3) is 0 Å². The quantitative estimate of drug-likeness (QED) is 0.589. The van der Waals surface area contributed by atoms with Gasteiger partial charge < -0.3 is 4.74 Å². The molecule has 1 saturated carbocycles. The molecule has 0 aromatic carbocycles. The Hall–Kier alpha value is -0.370. The van der Waals surface area contributed by atoms with Crippen LogP contribution in [0.2, 0.25) is 0 Å². The van der Waals surface area contributed by atoms with Gasteiger partial charge in [-0.25, -0.2) is 0 Å². The van der Waals surface area contributed by atoms with E-state index in [9.17, 15) is 4.79 Å². The Labute approximate surface area is 99.8 Å². The maximum atomic E-state index is 12.2. The van der Waals surface area contributed by atoms with Gasteiger partial charge in [-0.1, -0.05) is 39.0 Å². The number of hydrogen-bond donors (Lipinski definition) is 0. The van der Waals surface area contributed by atoms with Crippen molar-refractivity contribution in [2.24, 2.45) is 5.41 Å². The molecular weight excluding hydrogens is 200 g/mol. The number of ether oxygens (including phenoxy) is 1. The van der Waals surface area contributed by atoms with Gasteiger partial charge in [0.05, 0.1) is 12.0 Å². The van der Waals surface area contributed by atoms with E-state index in [1.807, 2.05) is 0 Å². The first-order chi connectivity index (χ1) is 7.75. The van der Waals surface area contributed by atoms with Gasteiger partial charge in [0.25, 0.3) is 0 Å². The van der Waals surface area contributed by atoms with Crippen molar-refractivity contribution in [3.63, 3.8) is 0 Å². The monoisotopic (exact) mass is 226 g/mol. The summed E-state index contributed by atoms with van der Waals surface area (Å²) >= 11 is 0. The van der Waals surface area contributed by atoms with Crippen LogP contribution in [0.1, 0.15) is 64.7 Å². The summed E-state index contributed by atoms with van der Waals surface area (Å²) in [6.07, 6.45) is 10.0. The van der Waals surface area contributed by atoms with Crippen LogP contribution in [0.4, 0.5) is 0 Å². The van der Waals surface area contributed by atoms with Gasteiger partial charge in [-0.3, -0.25) is 4.79 Å². The minimum absolute atomic E-state index is 0.110. The second-order valence-corrected chi connectivity index (χ2v) is 5.15. The minimum atomic E-state index is -0.110. The normalized spacial score (nSPS) is 18.9. The Bertz CT molecular complexity index is 205. The predicted octanol–water partition coefficient (Wildman–Crippen LogP) is 3.73. The van der Waals surface area contributed by atoms with Gasteiger partial charge in [0, 0.05) is 13.5 Å². The SMILES string of the molecule is CCCCCCC(=O)C1(COC)CCCC1. The molecule has 0 atom stereocenters. The molecule has 0 aromatic rings. The van der Waals surface area contributed by atoms with E-state index in [0.717, 1.165) is 25.7 Å². The molecule has 1 rings (SSSR count). The molecule has 16 heavy (non-hydrogen) atoms. The summed E-state index contributed by atoms with van der Waals surface area (Å²) < 4.78 is 5.26. The molecule has 0 amide bonds. The van der Waals surface area contributed by atoms with Crippen molar-refractivity contribution in [3.8, 4) is 0 Å². The molecule has 1 fully saturated rings. The molecule has 0 heterocycles. The first-order valence-electron chi connectivity index (χ1n) is 6.77. The maximum Gasteiger partial charge on any atom is 0.141 e. The standard InChI is InChI=1S/C14H26O2/c1-3-4-5-6-9-13(15)14(12-16-2)10-7-8-11-14/h3-12H2,1-2H3. The van der Waals surface area contributed by atoms with Crippen LogP contribution in [-0.4, -0.2) is 19.5 Å². The van der Waals surface area contributed by atoms with Crippen LogP contribution >= 0.6 is 0 Å². The van der Waals surface area contributed by atoms with E-state index < -0.39 is 0 Å². The Morgan fingerprint density at radius 2 is 1.88 bits per heavy atom. The fraction of sp³-hybridized carbons (Fsp3) is 0.929. The molecule has 0 unspecified atom stereocenters. The predicted molar refractivity (Wildman–Crippen MR) is 66.5 cm³/mol. The number of hydrogen-bond acceptors (Lipinski definition) is 2. The zero-order valence-electron chi connectivity index (χ0n) is 10.9. The fourth-order valence-corrected chi connectivity index (χ4v) is 2.81. The molecule has 0 aliphatic heterocycles. The molecule has 2 nitrogen and oxygen atoms in total. The summed E-state index contributed by atoms with van der Waals surface area (Å²) in [5, 5.41) is 0. The number of unbranched alkanes of at least 4 members (excludes halogenated alkanes) is 3.